The van der Waals surface area contributed by atoms with E-state index in [1.54, 1.807) is 0 Å². The van der Waals surface area contributed by atoms with Gasteiger partial charge in [0.1, 0.15) is 0 Å². The summed E-state index contributed by atoms with van der Waals surface area (Å²) in [6.45, 7) is 5.97. The Hall–Kier alpha value is -1.35. The SMILES string of the molecule is CC1(C)CN(C(=O)c2ccccc2)CCO1. The molecule has 1 aliphatic heterocycles. The second kappa shape index (κ2) is 4.26. The van der Waals surface area contributed by atoms with Crippen molar-refractivity contribution >= 4 is 5.91 Å². The van der Waals surface area contributed by atoms with Crippen molar-refractivity contribution in [3.05, 3.63) is 35.9 Å². The molecule has 1 amide bonds. The maximum Gasteiger partial charge on any atom is 0.254 e. The van der Waals surface area contributed by atoms with E-state index >= 15 is 0 Å². The van der Waals surface area contributed by atoms with Gasteiger partial charge in [0.15, 0.2) is 0 Å². The summed E-state index contributed by atoms with van der Waals surface area (Å²) < 4.78 is 5.59. The number of carbonyl (C=O) groups is 1. The Bertz CT molecular complexity index is 373. The quantitative estimate of drug-likeness (QED) is 0.722. The van der Waals surface area contributed by atoms with Gasteiger partial charge in [-0.1, -0.05) is 18.2 Å². The second-order valence-electron chi connectivity index (χ2n) is 4.70. The molecule has 0 atom stereocenters. The van der Waals surface area contributed by atoms with Crippen LogP contribution in [-0.4, -0.2) is 36.1 Å². The maximum absolute atomic E-state index is 12.2. The summed E-state index contributed by atoms with van der Waals surface area (Å²) in [4.78, 5) is 14.0. The molecule has 0 radical (unpaired) electrons. The highest BCUT2D eigenvalue weighted by molar-refractivity contribution is 5.94. The van der Waals surface area contributed by atoms with Gasteiger partial charge in [-0.2, -0.15) is 0 Å². The molecule has 1 fully saturated rings. The fraction of sp³-hybridized carbons (Fsp3) is 0.462. The lowest BCUT2D eigenvalue weighted by atomic mass is 10.1. The van der Waals surface area contributed by atoms with Crippen molar-refractivity contribution < 1.29 is 9.53 Å². The van der Waals surface area contributed by atoms with E-state index in [4.69, 9.17) is 4.74 Å². The van der Waals surface area contributed by atoms with Gasteiger partial charge in [0, 0.05) is 18.7 Å². The average molecular weight is 219 g/mol. The summed E-state index contributed by atoms with van der Waals surface area (Å²) in [7, 11) is 0. The molecule has 0 aliphatic carbocycles. The first-order valence-electron chi connectivity index (χ1n) is 5.57. The summed E-state index contributed by atoms with van der Waals surface area (Å²) in [6, 6.07) is 9.40. The van der Waals surface area contributed by atoms with Gasteiger partial charge in [-0.05, 0) is 26.0 Å². The second-order valence-corrected chi connectivity index (χ2v) is 4.70. The molecule has 1 saturated heterocycles. The number of hydrogen-bond acceptors (Lipinski definition) is 2. The Labute approximate surface area is 96.0 Å². The van der Waals surface area contributed by atoms with E-state index in [1.807, 2.05) is 49.1 Å². The summed E-state index contributed by atoms with van der Waals surface area (Å²) in [5, 5.41) is 0. The number of ether oxygens (including phenoxy) is 1. The molecule has 1 heterocycles. The molecule has 3 heteroatoms. The molecule has 86 valence electrons. The van der Waals surface area contributed by atoms with Crippen molar-refractivity contribution in [3.8, 4) is 0 Å². The molecule has 0 spiro atoms. The number of morpholine rings is 1. The number of amides is 1. The van der Waals surface area contributed by atoms with Crippen LogP contribution in [0.4, 0.5) is 0 Å². The summed E-state index contributed by atoms with van der Waals surface area (Å²) in [6.07, 6.45) is 0. The van der Waals surface area contributed by atoms with Crippen LogP contribution in [0.25, 0.3) is 0 Å². The fourth-order valence-corrected chi connectivity index (χ4v) is 1.95. The Balaban J connectivity index is 2.11. The molecule has 2 rings (SSSR count). The van der Waals surface area contributed by atoms with Crippen LogP contribution in [0.1, 0.15) is 24.2 Å². The average Bonchev–Trinajstić information content (AvgIpc) is 2.28. The minimum Gasteiger partial charge on any atom is -0.372 e. The van der Waals surface area contributed by atoms with Crippen LogP contribution < -0.4 is 0 Å². The normalized spacial score (nSPS) is 19.5. The maximum atomic E-state index is 12.2. The van der Waals surface area contributed by atoms with E-state index in [0.29, 0.717) is 19.7 Å². The van der Waals surface area contributed by atoms with Crippen LogP contribution >= 0.6 is 0 Å². The Morgan fingerprint density at radius 3 is 2.62 bits per heavy atom. The van der Waals surface area contributed by atoms with E-state index in [-0.39, 0.29) is 11.5 Å². The monoisotopic (exact) mass is 219 g/mol. The lowest BCUT2D eigenvalue weighted by molar-refractivity contribution is -0.0764. The molecule has 1 aliphatic rings. The van der Waals surface area contributed by atoms with E-state index in [0.717, 1.165) is 5.56 Å². The van der Waals surface area contributed by atoms with Gasteiger partial charge in [-0.3, -0.25) is 4.79 Å². The van der Waals surface area contributed by atoms with Crippen molar-refractivity contribution in [2.75, 3.05) is 19.7 Å². The molecule has 0 bridgehead atoms. The fourth-order valence-electron chi connectivity index (χ4n) is 1.95. The minimum atomic E-state index is -0.233. The van der Waals surface area contributed by atoms with Gasteiger partial charge in [0.2, 0.25) is 0 Å². The zero-order valence-electron chi connectivity index (χ0n) is 9.77. The number of benzene rings is 1. The molecule has 0 saturated carbocycles. The van der Waals surface area contributed by atoms with Crippen LogP contribution in [0.5, 0.6) is 0 Å². The van der Waals surface area contributed by atoms with E-state index in [9.17, 15) is 4.79 Å². The standard InChI is InChI=1S/C13H17NO2/c1-13(2)10-14(8-9-16-13)12(15)11-6-4-3-5-7-11/h3-7H,8-10H2,1-2H3. The highest BCUT2D eigenvalue weighted by Gasteiger charge is 2.30. The van der Waals surface area contributed by atoms with Crippen molar-refractivity contribution in [3.63, 3.8) is 0 Å². The van der Waals surface area contributed by atoms with Crippen LogP contribution in [0, 0.1) is 0 Å². The summed E-state index contributed by atoms with van der Waals surface area (Å²) >= 11 is 0. The number of rotatable bonds is 1. The Morgan fingerprint density at radius 1 is 1.31 bits per heavy atom. The third-order valence-corrected chi connectivity index (χ3v) is 2.73. The van der Waals surface area contributed by atoms with Crippen LogP contribution in [-0.2, 0) is 4.74 Å². The van der Waals surface area contributed by atoms with Gasteiger partial charge >= 0.3 is 0 Å². The molecule has 3 nitrogen and oxygen atoms in total. The van der Waals surface area contributed by atoms with E-state index in [1.165, 1.54) is 0 Å². The van der Waals surface area contributed by atoms with Crippen LogP contribution in [0.2, 0.25) is 0 Å². The first-order valence-corrected chi connectivity index (χ1v) is 5.57. The summed E-state index contributed by atoms with van der Waals surface area (Å²) in [5.74, 6) is 0.0944. The number of hydrogen-bond donors (Lipinski definition) is 0. The van der Waals surface area contributed by atoms with Gasteiger partial charge in [0.05, 0.1) is 12.2 Å². The number of nitrogens with zero attached hydrogens (tertiary/aromatic N) is 1. The highest BCUT2D eigenvalue weighted by Crippen LogP contribution is 2.18. The molecule has 1 aromatic rings. The van der Waals surface area contributed by atoms with Gasteiger partial charge < -0.3 is 9.64 Å². The third-order valence-electron chi connectivity index (χ3n) is 2.73. The molecule has 16 heavy (non-hydrogen) atoms. The van der Waals surface area contributed by atoms with Crippen molar-refractivity contribution in [1.29, 1.82) is 0 Å². The van der Waals surface area contributed by atoms with Gasteiger partial charge in [-0.25, -0.2) is 0 Å². The highest BCUT2D eigenvalue weighted by atomic mass is 16.5. The molecule has 0 N–H and O–H groups in total. The predicted octanol–water partition coefficient (Wildman–Crippen LogP) is 1.94. The zero-order chi connectivity index (χ0) is 11.6. The van der Waals surface area contributed by atoms with Gasteiger partial charge in [0.25, 0.3) is 5.91 Å². The van der Waals surface area contributed by atoms with Gasteiger partial charge in [-0.15, -0.1) is 0 Å². The minimum absolute atomic E-state index is 0.0944. The van der Waals surface area contributed by atoms with E-state index < -0.39 is 0 Å². The van der Waals surface area contributed by atoms with E-state index in [2.05, 4.69) is 0 Å². The van der Waals surface area contributed by atoms with Crippen molar-refractivity contribution in [2.45, 2.75) is 19.4 Å². The lowest BCUT2D eigenvalue weighted by Crippen LogP contribution is -2.50. The molecule has 0 unspecified atom stereocenters. The van der Waals surface area contributed by atoms with Crippen molar-refractivity contribution in [2.24, 2.45) is 0 Å². The topological polar surface area (TPSA) is 29.5 Å². The first-order chi connectivity index (χ1) is 7.58. The Kier molecular flexibility index (Phi) is 2.97. The zero-order valence-corrected chi connectivity index (χ0v) is 9.77. The first kappa shape index (κ1) is 11.1. The lowest BCUT2D eigenvalue weighted by Gasteiger charge is -2.38. The van der Waals surface area contributed by atoms with Crippen LogP contribution in [0.15, 0.2) is 30.3 Å². The molecular weight excluding hydrogens is 202 g/mol. The van der Waals surface area contributed by atoms with Crippen molar-refractivity contribution in [1.82, 2.24) is 4.90 Å². The third kappa shape index (κ3) is 2.42. The smallest absolute Gasteiger partial charge is 0.254 e. The Morgan fingerprint density at radius 2 is 2.00 bits per heavy atom. The summed E-state index contributed by atoms with van der Waals surface area (Å²) in [5.41, 5.74) is 0.517. The van der Waals surface area contributed by atoms with Crippen LogP contribution in [0.3, 0.4) is 0 Å². The predicted molar refractivity (Wildman–Crippen MR) is 62.4 cm³/mol. The molecule has 1 aromatic carbocycles. The largest absolute Gasteiger partial charge is 0.372 e. The number of carbonyl (C=O) groups excluding carboxylic acids is 1. The molecular formula is C13H17NO2. The molecule has 0 aromatic heterocycles.